The second-order valence-corrected chi connectivity index (χ2v) is 11.4. The topological polar surface area (TPSA) is 84.0 Å². The molecular formula is C22H19ClN2O5S3. The molecule has 0 aliphatic carbocycles. The van der Waals surface area contributed by atoms with Crippen LogP contribution in [0.3, 0.4) is 0 Å². The van der Waals surface area contributed by atoms with E-state index < -0.39 is 35.1 Å². The molecule has 5 rings (SSSR count). The van der Waals surface area contributed by atoms with Crippen molar-refractivity contribution in [2.75, 3.05) is 23.1 Å². The molecule has 0 saturated carbocycles. The number of hydrogen-bond donors (Lipinski definition) is 0. The molecule has 0 bridgehead atoms. The molecule has 1 aromatic carbocycles. The van der Waals surface area contributed by atoms with Crippen LogP contribution in [-0.4, -0.2) is 68.0 Å². The molecule has 1 saturated heterocycles. The van der Waals surface area contributed by atoms with E-state index in [-0.39, 0.29) is 18.2 Å². The lowest BCUT2D eigenvalue weighted by Gasteiger charge is -2.51. The van der Waals surface area contributed by atoms with Crippen molar-refractivity contribution in [1.82, 2.24) is 9.80 Å². The van der Waals surface area contributed by atoms with Gasteiger partial charge in [-0.05, 0) is 18.1 Å². The van der Waals surface area contributed by atoms with Crippen molar-refractivity contribution in [3.05, 3.63) is 56.5 Å². The van der Waals surface area contributed by atoms with E-state index in [1.165, 1.54) is 40.2 Å². The van der Waals surface area contributed by atoms with Gasteiger partial charge >= 0.3 is 5.97 Å². The number of imide groups is 1. The van der Waals surface area contributed by atoms with Crippen LogP contribution in [0.25, 0.3) is 0 Å². The smallest absolute Gasteiger partial charge is 0.355 e. The van der Waals surface area contributed by atoms with E-state index in [1.807, 2.05) is 31.2 Å². The third kappa shape index (κ3) is 3.80. The predicted molar refractivity (Wildman–Crippen MR) is 129 cm³/mol. The summed E-state index contributed by atoms with van der Waals surface area (Å²) in [4.78, 5) is 55.4. The van der Waals surface area contributed by atoms with Crippen LogP contribution in [0.2, 0.25) is 0 Å². The number of hydrogen-bond acceptors (Lipinski definition) is 8. The highest BCUT2D eigenvalue weighted by Gasteiger charge is 2.60. The minimum Gasteiger partial charge on any atom is -0.456 e. The summed E-state index contributed by atoms with van der Waals surface area (Å²) >= 11 is 10.2. The Morgan fingerprint density at radius 3 is 2.30 bits per heavy atom. The number of β-lactam (4-membered cyclic amide) rings is 1. The Hall–Kier alpha value is -1.88. The van der Waals surface area contributed by atoms with Gasteiger partial charge in [0.25, 0.3) is 17.7 Å². The molecule has 4 aliphatic heterocycles. The average molecular weight is 523 g/mol. The molecule has 3 amide bonds. The molecule has 7 nitrogen and oxygen atoms in total. The lowest BCUT2D eigenvalue weighted by atomic mass is 10.0. The molecule has 11 heteroatoms. The summed E-state index contributed by atoms with van der Waals surface area (Å²) in [5.74, 6) is 0.0580. The Balaban J connectivity index is 1.35. The number of esters is 1. The van der Waals surface area contributed by atoms with Crippen molar-refractivity contribution >= 4 is 70.6 Å². The second kappa shape index (κ2) is 9.05. The Morgan fingerprint density at radius 2 is 1.70 bits per heavy atom. The van der Waals surface area contributed by atoms with E-state index in [0.717, 1.165) is 27.5 Å². The number of fused-ring (bicyclic) bond motifs is 1. The molecule has 1 aromatic rings. The molecule has 172 valence electrons. The van der Waals surface area contributed by atoms with Crippen molar-refractivity contribution < 1.29 is 23.9 Å². The maximum atomic E-state index is 13.2. The van der Waals surface area contributed by atoms with Crippen LogP contribution in [0.4, 0.5) is 0 Å². The van der Waals surface area contributed by atoms with E-state index in [9.17, 15) is 19.2 Å². The lowest BCUT2D eigenvalue weighted by Crippen LogP contribution is -2.71. The lowest BCUT2D eigenvalue weighted by molar-refractivity contribution is -0.162. The van der Waals surface area contributed by atoms with Crippen LogP contribution in [0.1, 0.15) is 11.1 Å². The third-order valence-corrected chi connectivity index (χ3v) is 9.94. The highest BCUT2D eigenvalue weighted by molar-refractivity contribution is 8.11. The maximum absolute atomic E-state index is 13.2. The van der Waals surface area contributed by atoms with Gasteiger partial charge in [0.05, 0.1) is 9.81 Å². The molecular weight excluding hydrogens is 504 g/mol. The Morgan fingerprint density at radius 1 is 1.06 bits per heavy atom. The number of alkyl halides is 1. The summed E-state index contributed by atoms with van der Waals surface area (Å²) in [6.45, 7) is 2.04. The normalized spacial score (nSPS) is 24.7. The molecule has 33 heavy (non-hydrogen) atoms. The standard InChI is InChI=1S/C22H19ClN2O5S3/c1-11-2-4-12(5-3-11)9-30-22(29)14-13(8-23)10-33-21-15(18(26)25(14)21)24-19(27)16-17(20(24)28)32-7-6-31-16/h2-5,15,21H,6-10H2,1H3. The zero-order valence-corrected chi connectivity index (χ0v) is 20.7. The van der Waals surface area contributed by atoms with Crippen molar-refractivity contribution in [3.63, 3.8) is 0 Å². The zero-order valence-electron chi connectivity index (χ0n) is 17.5. The van der Waals surface area contributed by atoms with Gasteiger partial charge < -0.3 is 4.74 Å². The zero-order chi connectivity index (χ0) is 23.3. The summed E-state index contributed by atoms with van der Waals surface area (Å²) in [6, 6.07) is 6.67. The van der Waals surface area contributed by atoms with Gasteiger partial charge in [0.2, 0.25) is 0 Å². The molecule has 4 heterocycles. The number of ether oxygens (including phenoxy) is 1. The van der Waals surface area contributed by atoms with E-state index in [4.69, 9.17) is 16.3 Å². The Labute approximate surface area is 208 Å². The monoisotopic (exact) mass is 522 g/mol. The van der Waals surface area contributed by atoms with Crippen LogP contribution in [0, 0.1) is 6.92 Å². The van der Waals surface area contributed by atoms with Crippen molar-refractivity contribution in [2.45, 2.75) is 24.9 Å². The summed E-state index contributed by atoms with van der Waals surface area (Å²) in [5.41, 5.74) is 2.65. The first-order valence-electron chi connectivity index (χ1n) is 10.3. The SMILES string of the molecule is Cc1ccc(COC(=O)C2=C(CCl)CSC3C(N4C(=O)C5=C(SCCS5)C4=O)C(=O)N23)cc1. The molecule has 4 aliphatic rings. The number of carbonyl (C=O) groups is 4. The number of rotatable bonds is 5. The van der Waals surface area contributed by atoms with Crippen LogP contribution < -0.4 is 0 Å². The van der Waals surface area contributed by atoms with E-state index in [2.05, 4.69) is 0 Å². The van der Waals surface area contributed by atoms with Gasteiger partial charge in [-0.3, -0.25) is 24.2 Å². The summed E-state index contributed by atoms with van der Waals surface area (Å²) < 4.78 is 5.50. The van der Waals surface area contributed by atoms with E-state index in [1.54, 1.807) is 0 Å². The minimum absolute atomic E-state index is 0.0651. The molecule has 0 aromatic heterocycles. The number of thioether (sulfide) groups is 3. The van der Waals surface area contributed by atoms with Gasteiger partial charge in [0, 0.05) is 23.1 Å². The van der Waals surface area contributed by atoms with Crippen LogP contribution >= 0.6 is 46.9 Å². The Kier molecular flexibility index (Phi) is 6.28. The molecule has 2 unspecified atom stereocenters. The minimum atomic E-state index is -0.932. The van der Waals surface area contributed by atoms with Crippen LogP contribution in [0.15, 0.2) is 45.3 Å². The maximum Gasteiger partial charge on any atom is 0.355 e. The largest absolute Gasteiger partial charge is 0.456 e. The van der Waals surface area contributed by atoms with E-state index in [0.29, 0.717) is 21.1 Å². The number of amides is 3. The van der Waals surface area contributed by atoms with Gasteiger partial charge in [-0.1, -0.05) is 29.8 Å². The molecule has 0 radical (unpaired) electrons. The first-order valence-corrected chi connectivity index (χ1v) is 13.8. The average Bonchev–Trinajstić information content (AvgIpc) is 3.08. The first kappa shape index (κ1) is 22.9. The summed E-state index contributed by atoms with van der Waals surface area (Å²) in [7, 11) is 0. The van der Waals surface area contributed by atoms with Crippen molar-refractivity contribution in [2.24, 2.45) is 0 Å². The number of benzene rings is 1. The van der Waals surface area contributed by atoms with Crippen LogP contribution in [0.5, 0.6) is 0 Å². The number of aryl methyl sites for hydroxylation is 1. The van der Waals surface area contributed by atoms with Crippen LogP contribution in [-0.2, 0) is 30.5 Å². The fourth-order valence-electron chi connectivity index (χ4n) is 4.06. The number of nitrogens with zero attached hydrogens (tertiary/aromatic N) is 2. The molecule has 0 spiro atoms. The predicted octanol–water partition coefficient (Wildman–Crippen LogP) is 2.88. The summed E-state index contributed by atoms with van der Waals surface area (Å²) in [6.07, 6.45) is 0. The molecule has 1 fully saturated rings. The second-order valence-electron chi connectivity index (χ2n) is 7.84. The Bertz CT molecular complexity index is 1110. The number of carbonyl (C=O) groups excluding carboxylic acids is 4. The van der Waals surface area contributed by atoms with Crippen molar-refractivity contribution in [3.8, 4) is 0 Å². The van der Waals surface area contributed by atoms with Gasteiger partial charge in [-0.15, -0.1) is 46.9 Å². The first-order chi connectivity index (χ1) is 15.9. The van der Waals surface area contributed by atoms with Crippen molar-refractivity contribution in [1.29, 1.82) is 0 Å². The fourth-order valence-corrected chi connectivity index (χ4v) is 8.09. The highest BCUT2D eigenvalue weighted by atomic mass is 35.5. The molecule has 0 N–H and O–H groups in total. The third-order valence-electron chi connectivity index (χ3n) is 5.75. The highest BCUT2D eigenvalue weighted by Crippen LogP contribution is 2.48. The molecule has 2 atom stereocenters. The van der Waals surface area contributed by atoms with Gasteiger partial charge in [-0.2, -0.15) is 0 Å². The quantitative estimate of drug-likeness (QED) is 0.253. The van der Waals surface area contributed by atoms with E-state index >= 15 is 0 Å². The van der Waals surface area contributed by atoms with Gasteiger partial charge in [-0.25, -0.2) is 4.79 Å². The summed E-state index contributed by atoms with van der Waals surface area (Å²) in [5, 5.41) is -0.532. The van der Waals surface area contributed by atoms with Gasteiger partial charge in [0.15, 0.2) is 0 Å². The van der Waals surface area contributed by atoms with Gasteiger partial charge in [0.1, 0.15) is 23.7 Å². The fraction of sp³-hybridized carbons (Fsp3) is 0.364. The number of halogens is 1.